The zero-order chi connectivity index (χ0) is 11.8. The van der Waals surface area contributed by atoms with E-state index in [1.54, 1.807) is 17.4 Å². The molecule has 2 aromatic heterocycles. The normalized spacial score (nSPS) is 11.1. The Hall–Kier alpha value is -1.88. The highest BCUT2D eigenvalue weighted by Gasteiger charge is 2.08. The number of hydrogen-bond donors (Lipinski definition) is 1. The van der Waals surface area contributed by atoms with Gasteiger partial charge in [-0.25, -0.2) is 4.98 Å². The highest BCUT2D eigenvalue weighted by atomic mass is 32.1. The van der Waals surface area contributed by atoms with Crippen LogP contribution < -0.4 is 5.73 Å². The van der Waals surface area contributed by atoms with Gasteiger partial charge in [0.2, 0.25) is 0 Å². The first-order chi connectivity index (χ1) is 8.26. The van der Waals surface area contributed by atoms with Crippen molar-refractivity contribution >= 4 is 27.4 Å². The molecule has 1 aromatic carbocycles. The number of benzene rings is 1. The summed E-state index contributed by atoms with van der Waals surface area (Å²) in [7, 11) is 0. The minimum Gasteiger partial charge on any atom is -0.381 e. The molecule has 0 amide bonds. The lowest BCUT2D eigenvalue weighted by molar-refractivity contribution is 0.436. The minimum atomic E-state index is 0.402. The standard InChI is InChI=1S/C12H11N3OS/c1-2-12-14-8-4-3-7(5-10(8)17-12)9-6-11(13)15-16-9/h3-6H,2H2,1H3,(H2,13,15). The first kappa shape index (κ1) is 10.3. The summed E-state index contributed by atoms with van der Waals surface area (Å²) in [5.41, 5.74) is 7.55. The van der Waals surface area contributed by atoms with Crippen LogP contribution in [-0.4, -0.2) is 10.1 Å². The summed E-state index contributed by atoms with van der Waals surface area (Å²) in [5.74, 6) is 1.09. The van der Waals surface area contributed by atoms with Gasteiger partial charge in [0.25, 0.3) is 0 Å². The van der Waals surface area contributed by atoms with E-state index in [0.29, 0.717) is 11.6 Å². The molecule has 0 aliphatic carbocycles. The number of hydrogen-bond acceptors (Lipinski definition) is 5. The largest absolute Gasteiger partial charge is 0.381 e. The van der Waals surface area contributed by atoms with Gasteiger partial charge in [0.1, 0.15) is 0 Å². The fourth-order valence-electron chi connectivity index (χ4n) is 1.70. The van der Waals surface area contributed by atoms with Crippen molar-refractivity contribution in [3.05, 3.63) is 29.3 Å². The van der Waals surface area contributed by atoms with Gasteiger partial charge in [0, 0.05) is 11.6 Å². The first-order valence-electron chi connectivity index (χ1n) is 5.38. The number of rotatable bonds is 2. The second-order valence-electron chi connectivity index (χ2n) is 3.76. The average molecular weight is 245 g/mol. The molecule has 0 bridgehead atoms. The number of thiazole rings is 1. The van der Waals surface area contributed by atoms with Gasteiger partial charge in [-0.15, -0.1) is 11.3 Å². The van der Waals surface area contributed by atoms with E-state index in [1.165, 1.54) is 0 Å². The zero-order valence-corrected chi connectivity index (χ0v) is 10.1. The molecule has 0 radical (unpaired) electrons. The quantitative estimate of drug-likeness (QED) is 0.753. The van der Waals surface area contributed by atoms with Crippen LogP contribution in [0, 0.1) is 0 Å². The van der Waals surface area contributed by atoms with Gasteiger partial charge in [-0.1, -0.05) is 12.1 Å². The summed E-state index contributed by atoms with van der Waals surface area (Å²) in [6.07, 6.45) is 0.962. The predicted molar refractivity (Wildman–Crippen MR) is 68.9 cm³/mol. The molecule has 4 nitrogen and oxygen atoms in total. The summed E-state index contributed by atoms with van der Waals surface area (Å²) < 4.78 is 6.30. The van der Waals surface area contributed by atoms with Crippen LogP contribution in [0.15, 0.2) is 28.8 Å². The second kappa shape index (κ2) is 3.85. The molecular formula is C12H11N3OS. The van der Waals surface area contributed by atoms with Crippen molar-refractivity contribution < 1.29 is 4.52 Å². The third-order valence-electron chi connectivity index (χ3n) is 2.55. The fraction of sp³-hybridized carbons (Fsp3) is 0.167. The lowest BCUT2D eigenvalue weighted by Gasteiger charge is -1.94. The monoisotopic (exact) mass is 245 g/mol. The Morgan fingerprint density at radius 2 is 2.24 bits per heavy atom. The molecule has 5 heteroatoms. The van der Waals surface area contributed by atoms with Crippen LogP contribution in [0.3, 0.4) is 0 Å². The van der Waals surface area contributed by atoms with E-state index in [9.17, 15) is 0 Å². The maximum absolute atomic E-state index is 5.54. The highest BCUT2D eigenvalue weighted by Crippen LogP contribution is 2.29. The van der Waals surface area contributed by atoms with Crippen LogP contribution in [-0.2, 0) is 6.42 Å². The van der Waals surface area contributed by atoms with E-state index in [4.69, 9.17) is 10.3 Å². The predicted octanol–water partition coefficient (Wildman–Crippen LogP) is 3.10. The number of aryl methyl sites for hydroxylation is 1. The van der Waals surface area contributed by atoms with Crippen molar-refractivity contribution in [2.75, 3.05) is 5.73 Å². The molecular weight excluding hydrogens is 234 g/mol. The van der Waals surface area contributed by atoms with Crippen LogP contribution in [0.5, 0.6) is 0 Å². The number of aromatic nitrogens is 2. The van der Waals surface area contributed by atoms with Crippen molar-refractivity contribution in [1.82, 2.24) is 10.1 Å². The lowest BCUT2D eigenvalue weighted by atomic mass is 10.1. The van der Waals surface area contributed by atoms with Gasteiger partial charge in [-0.3, -0.25) is 0 Å². The summed E-state index contributed by atoms with van der Waals surface area (Å²) in [6, 6.07) is 7.76. The number of nitrogens with zero attached hydrogens (tertiary/aromatic N) is 2. The average Bonchev–Trinajstić information content (AvgIpc) is 2.93. The molecule has 2 heterocycles. The molecule has 2 N–H and O–H groups in total. The van der Waals surface area contributed by atoms with E-state index in [-0.39, 0.29) is 0 Å². The summed E-state index contributed by atoms with van der Waals surface area (Å²) in [4.78, 5) is 4.52. The molecule has 0 saturated carbocycles. The number of nitrogen functional groups attached to an aromatic ring is 1. The SMILES string of the molecule is CCc1nc2ccc(-c3cc(N)no3)cc2s1. The van der Waals surface area contributed by atoms with Gasteiger partial charge >= 0.3 is 0 Å². The number of fused-ring (bicyclic) bond motifs is 1. The maximum atomic E-state index is 5.54. The van der Waals surface area contributed by atoms with E-state index in [2.05, 4.69) is 23.1 Å². The van der Waals surface area contributed by atoms with Crippen molar-refractivity contribution in [2.45, 2.75) is 13.3 Å². The fourth-order valence-corrected chi connectivity index (χ4v) is 2.65. The zero-order valence-electron chi connectivity index (χ0n) is 9.30. The molecule has 86 valence electrons. The Morgan fingerprint density at radius 3 is 2.94 bits per heavy atom. The maximum Gasteiger partial charge on any atom is 0.169 e. The lowest BCUT2D eigenvalue weighted by Crippen LogP contribution is -1.80. The van der Waals surface area contributed by atoms with Crippen LogP contribution >= 0.6 is 11.3 Å². The number of anilines is 1. The summed E-state index contributed by atoms with van der Waals surface area (Å²) in [5, 5.41) is 4.83. The smallest absolute Gasteiger partial charge is 0.169 e. The van der Waals surface area contributed by atoms with Crippen molar-refractivity contribution in [2.24, 2.45) is 0 Å². The van der Waals surface area contributed by atoms with Crippen LogP contribution in [0.25, 0.3) is 21.5 Å². The van der Waals surface area contributed by atoms with E-state index < -0.39 is 0 Å². The van der Waals surface area contributed by atoms with E-state index >= 15 is 0 Å². The van der Waals surface area contributed by atoms with Crippen LogP contribution in [0.4, 0.5) is 5.82 Å². The van der Waals surface area contributed by atoms with Gasteiger partial charge in [-0.2, -0.15) is 0 Å². The number of nitrogens with two attached hydrogens (primary N) is 1. The van der Waals surface area contributed by atoms with Crippen molar-refractivity contribution in [1.29, 1.82) is 0 Å². The Balaban J connectivity index is 2.12. The highest BCUT2D eigenvalue weighted by molar-refractivity contribution is 7.18. The third kappa shape index (κ3) is 1.78. The molecule has 0 atom stereocenters. The van der Waals surface area contributed by atoms with E-state index in [1.807, 2.05) is 12.1 Å². The molecule has 3 rings (SSSR count). The summed E-state index contributed by atoms with van der Waals surface area (Å²) >= 11 is 1.71. The molecule has 0 aliphatic rings. The molecule has 0 unspecified atom stereocenters. The topological polar surface area (TPSA) is 64.9 Å². The summed E-state index contributed by atoms with van der Waals surface area (Å²) in [6.45, 7) is 2.11. The molecule has 0 saturated heterocycles. The third-order valence-corrected chi connectivity index (χ3v) is 3.71. The van der Waals surface area contributed by atoms with Crippen molar-refractivity contribution in [3.63, 3.8) is 0 Å². The van der Waals surface area contributed by atoms with Crippen molar-refractivity contribution in [3.8, 4) is 11.3 Å². The van der Waals surface area contributed by atoms with Gasteiger partial charge in [0.05, 0.1) is 15.2 Å². The van der Waals surface area contributed by atoms with Gasteiger partial charge in [-0.05, 0) is 24.6 Å². The molecule has 17 heavy (non-hydrogen) atoms. The molecule has 0 fully saturated rings. The van der Waals surface area contributed by atoms with Crippen LogP contribution in [0.2, 0.25) is 0 Å². The molecule has 0 spiro atoms. The van der Waals surface area contributed by atoms with Gasteiger partial charge < -0.3 is 10.3 Å². The molecule has 0 aliphatic heterocycles. The Labute approximate surface area is 102 Å². The van der Waals surface area contributed by atoms with E-state index in [0.717, 1.165) is 27.2 Å². The minimum absolute atomic E-state index is 0.402. The first-order valence-corrected chi connectivity index (χ1v) is 6.20. The Morgan fingerprint density at radius 1 is 1.35 bits per heavy atom. The Bertz CT molecular complexity index is 671. The Kier molecular flexibility index (Phi) is 2.33. The van der Waals surface area contributed by atoms with Gasteiger partial charge in [0.15, 0.2) is 11.6 Å². The molecule has 3 aromatic rings. The second-order valence-corrected chi connectivity index (χ2v) is 4.87. The van der Waals surface area contributed by atoms with Crippen LogP contribution in [0.1, 0.15) is 11.9 Å².